The molecule has 1 unspecified atom stereocenters. The summed E-state index contributed by atoms with van der Waals surface area (Å²) >= 11 is 0. The van der Waals surface area contributed by atoms with Crippen LogP contribution in [-0.2, 0) is 4.79 Å². The first-order chi connectivity index (χ1) is 6.78. The summed E-state index contributed by atoms with van der Waals surface area (Å²) < 4.78 is 0. The molecule has 15 heavy (non-hydrogen) atoms. The topological polar surface area (TPSA) is 40.5 Å². The van der Waals surface area contributed by atoms with Gasteiger partial charge in [0.05, 0.1) is 6.61 Å². The summed E-state index contributed by atoms with van der Waals surface area (Å²) in [4.78, 5) is 14.0. The number of amides is 1. The Morgan fingerprint density at radius 1 is 1.47 bits per heavy atom. The molecular formula is C12H23NO2. The van der Waals surface area contributed by atoms with Gasteiger partial charge in [0.15, 0.2) is 0 Å². The van der Waals surface area contributed by atoms with E-state index in [-0.39, 0.29) is 23.3 Å². The fraction of sp³-hybridized carbons (Fsp3) is 0.917. The zero-order valence-corrected chi connectivity index (χ0v) is 10.3. The van der Waals surface area contributed by atoms with Gasteiger partial charge in [0.1, 0.15) is 0 Å². The number of aliphatic hydroxyl groups excluding tert-OH is 1. The highest BCUT2D eigenvalue weighted by Gasteiger charge is 2.36. The number of hydrogen-bond donors (Lipinski definition) is 1. The lowest BCUT2D eigenvalue weighted by molar-refractivity contribution is -0.143. The van der Waals surface area contributed by atoms with Gasteiger partial charge in [-0.05, 0) is 12.8 Å². The highest BCUT2D eigenvalue weighted by atomic mass is 16.3. The first-order valence-electron chi connectivity index (χ1n) is 5.69. The maximum absolute atomic E-state index is 12.1. The van der Waals surface area contributed by atoms with Crippen molar-refractivity contribution < 1.29 is 9.90 Å². The average Bonchev–Trinajstić information content (AvgIpc) is 2.15. The van der Waals surface area contributed by atoms with Gasteiger partial charge < -0.3 is 10.0 Å². The molecule has 3 nitrogen and oxygen atoms in total. The van der Waals surface area contributed by atoms with Crippen molar-refractivity contribution in [2.24, 2.45) is 10.8 Å². The van der Waals surface area contributed by atoms with Crippen LogP contribution in [0.5, 0.6) is 0 Å². The van der Waals surface area contributed by atoms with Gasteiger partial charge in [-0.1, -0.05) is 27.7 Å². The second-order valence-corrected chi connectivity index (χ2v) is 6.05. The first kappa shape index (κ1) is 12.5. The maximum atomic E-state index is 12.1. The fourth-order valence-electron chi connectivity index (χ4n) is 2.09. The van der Waals surface area contributed by atoms with Crippen LogP contribution in [0.3, 0.4) is 0 Å². The Morgan fingerprint density at radius 3 is 2.53 bits per heavy atom. The predicted octanol–water partition coefficient (Wildman–Crippen LogP) is 1.65. The molecule has 1 rings (SSSR count). The number of carbonyl (C=O) groups is 1. The maximum Gasteiger partial charge on any atom is 0.227 e. The van der Waals surface area contributed by atoms with Gasteiger partial charge in [-0.3, -0.25) is 4.79 Å². The van der Waals surface area contributed by atoms with Crippen LogP contribution in [-0.4, -0.2) is 35.6 Å². The van der Waals surface area contributed by atoms with Crippen molar-refractivity contribution >= 4 is 5.91 Å². The molecule has 0 spiro atoms. The van der Waals surface area contributed by atoms with Crippen molar-refractivity contribution in [2.45, 2.75) is 40.5 Å². The normalized spacial score (nSPS) is 27.9. The Hall–Kier alpha value is -0.570. The monoisotopic (exact) mass is 213 g/mol. The highest BCUT2D eigenvalue weighted by molar-refractivity contribution is 5.81. The smallest absolute Gasteiger partial charge is 0.227 e. The molecule has 0 aromatic heterocycles. The van der Waals surface area contributed by atoms with Gasteiger partial charge in [-0.15, -0.1) is 0 Å². The second-order valence-electron chi connectivity index (χ2n) is 6.05. The van der Waals surface area contributed by atoms with Crippen LogP contribution < -0.4 is 0 Å². The summed E-state index contributed by atoms with van der Waals surface area (Å²) in [6.45, 7) is 9.59. The van der Waals surface area contributed by atoms with E-state index in [9.17, 15) is 9.90 Å². The molecule has 0 saturated carbocycles. The third-order valence-electron chi connectivity index (χ3n) is 3.09. The largest absolute Gasteiger partial charge is 0.396 e. The zero-order chi connectivity index (χ0) is 11.7. The van der Waals surface area contributed by atoms with Crippen LogP contribution in [0.15, 0.2) is 0 Å². The third kappa shape index (κ3) is 2.94. The number of rotatable bonds is 1. The molecule has 1 heterocycles. The quantitative estimate of drug-likeness (QED) is 0.719. The number of hydrogen-bond acceptors (Lipinski definition) is 2. The van der Waals surface area contributed by atoms with E-state index in [2.05, 4.69) is 6.92 Å². The summed E-state index contributed by atoms with van der Waals surface area (Å²) in [5, 5.41) is 9.31. The lowest BCUT2D eigenvalue weighted by Crippen LogP contribution is -2.49. The summed E-state index contributed by atoms with van der Waals surface area (Å²) in [6.07, 6.45) is 2.01. The molecule has 0 aliphatic carbocycles. The van der Waals surface area contributed by atoms with Crippen molar-refractivity contribution in [3.05, 3.63) is 0 Å². The molecule has 1 aliphatic rings. The first-order valence-corrected chi connectivity index (χ1v) is 5.69. The molecule has 1 atom stereocenters. The lowest BCUT2D eigenvalue weighted by Gasteiger charge is -2.41. The van der Waals surface area contributed by atoms with Gasteiger partial charge in [0.2, 0.25) is 5.91 Å². The highest BCUT2D eigenvalue weighted by Crippen LogP contribution is 2.31. The van der Waals surface area contributed by atoms with Crippen molar-refractivity contribution in [3.8, 4) is 0 Å². The number of piperidine rings is 1. The minimum atomic E-state index is -0.312. The van der Waals surface area contributed by atoms with E-state index in [0.29, 0.717) is 6.54 Å². The van der Waals surface area contributed by atoms with Crippen molar-refractivity contribution in [3.63, 3.8) is 0 Å². The third-order valence-corrected chi connectivity index (χ3v) is 3.09. The van der Waals surface area contributed by atoms with Crippen LogP contribution in [0.4, 0.5) is 0 Å². The Kier molecular flexibility index (Phi) is 3.44. The SMILES string of the molecule is CC1(CO)CCCN(C(=O)C(C)(C)C)C1. The molecule has 88 valence electrons. The number of aliphatic hydroxyl groups is 1. The molecule has 0 aromatic rings. The minimum absolute atomic E-state index is 0.0981. The molecule has 1 fully saturated rings. The summed E-state index contributed by atoms with van der Waals surface area (Å²) in [6, 6.07) is 0. The van der Waals surface area contributed by atoms with Crippen molar-refractivity contribution in [2.75, 3.05) is 19.7 Å². The number of carbonyl (C=O) groups excluding carboxylic acids is 1. The van der Waals surface area contributed by atoms with Gasteiger partial charge >= 0.3 is 0 Å². The Bertz CT molecular complexity index is 244. The molecule has 0 aromatic carbocycles. The van der Waals surface area contributed by atoms with E-state index in [1.54, 1.807) is 0 Å². The second kappa shape index (κ2) is 4.12. The minimum Gasteiger partial charge on any atom is -0.396 e. The number of nitrogens with zero attached hydrogens (tertiary/aromatic N) is 1. The molecule has 0 bridgehead atoms. The van der Waals surface area contributed by atoms with Gasteiger partial charge in [0, 0.05) is 23.9 Å². The summed E-state index contributed by atoms with van der Waals surface area (Å²) in [7, 11) is 0. The zero-order valence-electron chi connectivity index (χ0n) is 10.3. The molecule has 0 radical (unpaired) electrons. The molecule has 1 amide bonds. The van der Waals surface area contributed by atoms with Crippen molar-refractivity contribution in [1.82, 2.24) is 4.90 Å². The van der Waals surface area contributed by atoms with Crippen LogP contribution in [0.2, 0.25) is 0 Å². The Morgan fingerprint density at radius 2 is 2.07 bits per heavy atom. The molecule has 1 aliphatic heterocycles. The Labute approximate surface area is 92.5 Å². The standard InChI is InChI=1S/C12H23NO2/c1-11(2,3)10(15)13-7-5-6-12(4,8-13)9-14/h14H,5-9H2,1-4H3. The van der Waals surface area contributed by atoms with E-state index in [1.165, 1.54) is 0 Å². The van der Waals surface area contributed by atoms with Gasteiger partial charge in [0.25, 0.3) is 0 Å². The molecule has 1 saturated heterocycles. The van der Waals surface area contributed by atoms with E-state index < -0.39 is 0 Å². The van der Waals surface area contributed by atoms with E-state index in [0.717, 1.165) is 19.4 Å². The predicted molar refractivity (Wildman–Crippen MR) is 60.5 cm³/mol. The molecule has 1 N–H and O–H groups in total. The van der Waals surface area contributed by atoms with E-state index >= 15 is 0 Å². The van der Waals surface area contributed by atoms with E-state index in [4.69, 9.17) is 0 Å². The number of likely N-dealkylation sites (tertiary alicyclic amines) is 1. The van der Waals surface area contributed by atoms with Gasteiger partial charge in [-0.25, -0.2) is 0 Å². The van der Waals surface area contributed by atoms with Crippen LogP contribution in [0.1, 0.15) is 40.5 Å². The van der Waals surface area contributed by atoms with Crippen LogP contribution in [0.25, 0.3) is 0 Å². The molecule has 3 heteroatoms. The molecular weight excluding hydrogens is 190 g/mol. The van der Waals surface area contributed by atoms with E-state index in [1.807, 2.05) is 25.7 Å². The van der Waals surface area contributed by atoms with Crippen LogP contribution >= 0.6 is 0 Å². The summed E-state index contributed by atoms with van der Waals surface area (Å²) in [5.74, 6) is 0.196. The summed E-state index contributed by atoms with van der Waals surface area (Å²) in [5.41, 5.74) is -0.410. The Balaban J connectivity index is 2.69. The van der Waals surface area contributed by atoms with Crippen LogP contribution in [0, 0.1) is 10.8 Å². The lowest BCUT2D eigenvalue weighted by atomic mass is 9.81. The van der Waals surface area contributed by atoms with Gasteiger partial charge in [-0.2, -0.15) is 0 Å². The fourth-order valence-corrected chi connectivity index (χ4v) is 2.09. The van der Waals surface area contributed by atoms with Crippen molar-refractivity contribution in [1.29, 1.82) is 0 Å². The average molecular weight is 213 g/mol.